The van der Waals surface area contributed by atoms with Gasteiger partial charge in [-0.2, -0.15) is 9.97 Å². The summed E-state index contributed by atoms with van der Waals surface area (Å²) in [5.41, 5.74) is 4.53. The third kappa shape index (κ3) is 3.19. The zero-order chi connectivity index (χ0) is 18.4. The molecule has 25 heavy (non-hydrogen) atoms. The average Bonchev–Trinajstić information content (AvgIpc) is 3.05. The van der Waals surface area contributed by atoms with Crippen molar-refractivity contribution in [1.29, 1.82) is 0 Å². The molecule has 3 heterocycles. The number of aliphatic hydroxyl groups excluding tert-OH is 1. The second-order valence-electron chi connectivity index (χ2n) is 5.66. The topological polar surface area (TPSA) is 155 Å². The molecule has 0 aromatic carbocycles. The van der Waals surface area contributed by atoms with Crippen molar-refractivity contribution in [3.05, 3.63) is 6.33 Å². The van der Waals surface area contributed by atoms with E-state index in [9.17, 15) is 14.8 Å². The van der Waals surface area contributed by atoms with Gasteiger partial charge in [-0.1, -0.05) is 0 Å². The van der Waals surface area contributed by atoms with Crippen molar-refractivity contribution in [3.8, 4) is 5.88 Å². The van der Waals surface area contributed by atoms with E-state index in [2.05, 4.69) is 15.0 Å². The number of anilines is 1. The first-order valence-corrected chi connectivity index (χ1v) is 9.50. The first-order valence-electron chi connectivity index (χ1n) is 7.18. The molecule has 0 bridgehead atoms. The Balaban J connectivity index is 1.99. The number of nitrogen functional groups attached to an aromatic ring is 1. The van der Waals surface area contributed by atoms with Crippen molar-refractivity contribution < 1.29 is 28.8 Å². The summed E-state index contributed by atoms with van der Waals surface area (Å²) in [5, 5.41) is 21.0. The number of aliphatic hydroxyl groups is 2. The van der Waals surface area contributed by atoms with Gasteiger partial charge in [0.05, 0.1) is 20.0 Å². The van der Waals surface area contributed by atoms with E-state index in [0.29, 0.717) is 5.52 Å². The molecule has 13 heteroatoms. The van der Waals surface area contributed by atoms with Gasteiger partial charge in [0.15, 0.2) is 17.4 Å². The maximum absolute atomic E-state index is 10.9. The number of rotatable bonds is 5. The fraction of sp³-hybridized carbons (Fsp3) is 0.583. The lowest BCUT2D eigenvalue weighted by Crippen LogP contribution is -2.44. The number of imidazole rings is 1. The zero-order valence-electron chi connectivity index (χ0n) is 13.3. The predicted molar refractivity (Wildman–Crippen MR) is 87.6 cm³/mol. The lowest BCUT2D eigenvalue weighted by atomic mass is 9.96. The molecule has 4 N–H and O–H groups in total. The van der Waals surface area contributed by atoms with Crippen LogP contribution in [0.1, 0.15) is 13.2 Å². The number of nitrogens with two attached hydrogens (primary N) is 1. The van der Waals surface area contributed by atoms with E-state index in [1.165, 1.54) is 24.9 Å². The first-order chi connectivity index (χ1) is 11.8. The highest BCUT2D eigenvalue weighted by molar-refractivity contribution is 7.69. The number of methoxy groups -OCH3 is 1. The minimum absolute atomic E-state index is 0.0510. The van der Waals surface area contributed by atoms with Crippen molar-refractivity contribution in [3.63, 3.8) is 0 Å². The van der Waals surface area contributed by atoms with Crippen LogP contribution in [-0.4, -0.2) is 61.3 Å². The Morgan fingerprint density at radius 3 is 2.92 bits per heavy atom. The predicted octanol–water partition coefficient (Wildman–Crippen LogP) is 0.0715. The maximum Gasteiger partial charge on any atom is 0.278 e. The Labute approximate surface area is 147 Å². The van der Waals surface area contributed by atoms with Gasteiger partial charge in [-0.3, -0.25) is 9.13 Å². The summed E-state index contributed by atoms with van der Waals surface area (Å²) >= 11 is 5.30. The van der Waals surface area contributed by atoms with Crippen molar-refractivity contribution in [2.75, 3.05) is 19.5 Å². The molecule has 2 aromatic rings. The normalized spacial score (nSPS) is 30.7. The van der Waals surface area contributed by atoms with Gasteiger partial charge in [0, 0.05) is 0 Å². The summed E-state index contributed by atoms with van der Waals surface area (Å²) < 4.78 is 28.0. The molecule has 2 aromatic heterocycles. The van der Waals surface area contributed by atoms with Crippen LogP contribution < -0.4 is 10.5 Å². The summed E-state index contributed by atoms with van der Waals surface area (Å²) in [4.78, 5) is 12.2. The number of hydrogen-bond acceptors (Lipinski definition) is 10. The van der Waals surface area contributed by atoms with E-state index in [4.69, 9.17) is 31.0 Å². The molecule has 1 aliphatic heterocycles. The van der Waals surface area contributed by atoms with Crippen LogP contribution in [0, 0.1) is 0 Å². The van der Waals surface area contributed by atoms with Gasteiger partial charge in [-0.05, 0) is 18.2 Å². The van der Waals surface area contributed by atoms with Crippen LogP contribution in [0.25, 0.3) is 11.2 Å². The minimum Gasteiger partial charge on any atom is -0.479 e. The highest BCUT2D eigenvalue weighted by atomic mass is 35.7. The molecule has 0 radical (unpaired) electrons. The fourth-order valence-electron chi connectivity index (χ4n) is 2.75. The molecule has 1 unspecified atom stereocenters. The van der Waals surface area contributed by atoms with E-state index in [-0.39, 0.29) is 24.1 Å². The van der Waals surface area contributed by atoms with Crippen molar-refractivity contribution in [2.45, 2.75) is 31.0 Å². The van der Waals surface area contributed by atoms with Gasteiger partial charge in [-0.15, -0.1) is 0 Å². The molecule has 1 saturated heterocycles. The highest BCUT2D eigenvalue weighted by Gasteiger charge is 2.53. The van der Waals surface area contributed by atoms with Crippen LogP contribution >= 0.6 is 18.6 Å². The van der Waals surface area contributed by atoms with Gasteiger partial charge in [0.2, 0.25) is 11.8 Å². The molecule has 0 saturated carbocycles. The Morgan fingerprint density at radius 2 is 2.28 bits per heavy atom. The summed E-state index contributed by atoms with van der Waals surface area (Å²) in [7, 11) is -1.31. The molecule has 0 aliphatic carbocycles. The molecule has 0 spiro atoms. The van der Waals surface area contributed by atoms with Crippen LogP contribution in [0.15, 0.2) is 6.33 Å². The number of fused-ring (bicyclic) bond motifs is 1. The van der Waals surface area contributed by atoms with Crippen LogP contribution in [0.2, 0.25) is 0 Å². The largest absolute Gasteiger partial charge is 0.479 e. The lowest BCUT2D eigenvalue weighted by molar-refractivity contribution is -0.0946. The number of halogens is 1. The third-order valence-corrected chi connectivity index (χ3v) is 4.69. The van der Waals surface area contributed by atoms with E-state index >= 15 is 0 Å². The van der Waals surface area contributed by atoms with Crippen LogP contribution in [0.5, 0.6) is 5.88 Å². The van der Waals surface area contributed by atoms with Crippen LogP contribution in [-0.2, 0) is 13.8 Å². The van der Waals surface area contributed by atoms with Gasteiger partial charge in [-0.25, -0.2) is 4.98 Å². The van der Waals surface area contributed by atoms with Gasteiger partial charge in [0.25, 0.3) is 7.38 Å². The summed E-state index contributed by atoms with van der Waals surface area (Å²) in [6, 6.07) is 0. The first kappa shape index (κ1) is 18.3. The average molecular weight is 394 g/mol. The van der Waals surface area contributed by atoms with E-state index in [1.807, 2.05) is 0 Å². The van der Waals surface area contributed by atoms with Crippen LogP contribution in [0.3, 0.4) is 0 Å². The second-order valence-corrected chi connectivity index (χ2v) is 7.35. The molecule has 1 aliphatic rings. The number of ether oxygens (including phenoxy) is 2. The van der Waals surface area contributed by atoms with Gasteiger partial charge >= 0.3 is 0 Å². The number of hydrogen-bond donors (Lipinski definition) is 3. The molecule has 1 fully saturated rings. The highest BCUT2D eigenvalue weighted by Crippen LogP contribution is 2.41. The number of nitrogens with zero attached hydrogens (tertiary/aromatic N) is 4. The summed E-state index contributed by atoms with van der Waals surface area (Å²) in [6.45, 7) is 1.14. The van der Waals surface area contributed by atoms with Crippen LogP contribution in [0.4, 0.5) is 5.95 Å². The monoisotopic (exact) mass is 393 g/mol. The minimum atomic E-state index is -2.72. The van der Waals surface area contributed by atoms with Crippen molar-refractivity contribution in [2.24, 2.45) is 0 Å². The molecular weight excluding hydrogens is 377 g/mol. The standard InChI is InChI=1S/C12H17ClN5O6P/c1-12(20)7(19)5(3-23-25(13)21)24-10(12)18-4-15-6-8(18)16-11(14)17-9(6)22-2/h4-5,7,10,19-20,25H,3H2,1-2H3,(H2,14,16,17)/t5-,7-,10-,12-/m1/s1. The molecule has 11 nitrogen and oxygen atoms in total. The lowest BCUT2D eigenvalue weighted by Gasteiger charge is -2.27. The van der Waals surface area contributed by atoms with E-state index < -0.39 is 31.4 Å². The van der Waals surface area contributed by atoms with Gasteiger partial charge in [0.1, 0.15) is 17.8 Å². The van der Waals surface area contributed by atoms with E-state index in [1.54, 1.807) is 0 Å². The summed E-state index contributed by atoms with van der Waals surface area (Å²) in [5.74, 6) is 0.116. The molecular formula is C12H17ClN5O6P. The van der Waals surface area contributed by atoms with E-state index in [0.717, 1.165) is 0 Å². The smallest absolute Gasteiger partial charge is 0.278 e. The molecule has 5 atom stereocenters. The molecule has 3 rings (SSSR count). The fourth-order valence-corrected chi connectivity index (χ4v) is 3.23. The molecule has 0 amide bonds. The number of aromatic nitrogens is 4. The molecule has 138 valence electrons. The second kappa shape index (κ2) is 6.67. The SMILES string of the molecule is COc1nc(N)nc2c1ncn2[C@@H]1O[C@H](CO[PH](=O)Cl)[C@@H](O)[C@@]1(C)O. The Kier molecular flexibility index (Phi) is 4.89. The maximum atomic E-state index is 10.9. The van der Waals surface area contributed by atoms with Crippen molar-refractivity contribution in [1.82, 2.24) is 19.5 Å². The zero-order valence-corrected chi connectivity index (χ0v) is 15.0. The third-order valence-electron chi connectivity index (χ3n) is 3.97. The Hall–Kier alpha value is -1.49. The Bertz CT molecular complexity index is 817. The summed E-state index contributed by atoms with van der Waals surface area (Å²) in [6.07, 6.45) is -1.97. The Morgan fingerprint density at radius 1 is 1.56 bits per heavy atom. The quantitative estimate of drug-likeness (QED) is 0.594. The van der Waals surface area contributed by atoms with Gasteiger partial charge < -0.3 is 29.9 Å². The van der Waals surface area contributed by atoms with Crippen molar-refractivity contribution >= 4 is 35.7 Å².